The normalized spacial score (nSPS) is 15.9. The van der Waals surface area contributed by atoms with Gasteiger partial charge in [-0.2, -0.15) is 0 Å². The molecule has 0 bridgehead atoms. The van der Waals surface area contributed by atoms with Crippen LogP contribution in [0.2, 0.25) is 0 Å². The fourth-order valence-electron chi connectivity index (χ4n) is 1.56. The van der Waals surface area contributed by atoms with Gasteiger partial charge in [-0.1, -0.05) is 27.7 Å². The lowest BCUT2D eigenvalue weighted by molar-refractivity contribution is -0.0333. The van der Waals surface area contributed by atoms with E-state index in [9.17, 15) is 5.11 Å². The minimum atomic E-state index is -0.790. The molecule has 1 aromatic heterocycles. The smallest absolute Gasteiger partial charge is 0.0958 e. The third-order valence-electron chi connectivity index (χ3n) is 2.87. The molecule has 3 nitrogen and oxygen atoms in total. The van der Waals surface area contributed by atoms with Crippen LogP contribution < -0.4 is 0 Å². The second-order valence-corrected chi connectivity index (χ2v) is 6.51. The van der Waals surface area contributed by atoms with E-state index in [-0.39, 0.29) is 5.41 Å². The number of aliphatic hydroxyl groups is 1. The number of nitrogens with zero attached hydrogens (tertiary/aromatic N) is 1. The van der Waals surface area contributed by atoms with Crippen LogP contribution >= 0.6 is 11.3 Å². The Morgan fingerprint density at radius 3 is 2.47 bits per heavy atom. The van der Waals surface area contributed by atoms with Crippen LogP contribution in [0.5, 0.6) is 0 Å². The van der Waals surface area contributed by atoms with E-state index >= 15 is 0 Å². The minimum absolute atomic E-state index is 0.0698. The molecule has 0 aliphatic carbocycles. The maximum absolute atomic E-state index is 10.3. The summed E-state index contributed by atoms with van der Waals surface area (Å²) in [5, 5.41) is 13.4. The maximum Gasteiger partial charge on any atom is 0.0958 e. The van der Waals surface area contributed by atoms with E-state index in [1.165, 1.54) is 0 Å². The summed E-state index contributed by atoms with van der Waals surface area (Å²) in [6.45, 7) is 8.76. The van der Waals surface area contributed by atoms with Crippen LogP contribution in [0.3, 0.4) is 0 Å². The third kappa shape index (κ3) is 4.05. The number of methoxy groups -OCH3 is 1. The van der Waals surface area contributed by atoms with E-state index in [0.717, 1.165) is 10.7 Å². The van der Waals surface area contributed by atoms with Crippen molar-refractivity contribution in [3.63, 3.8) is 0 Å². The van der Waals surface area contributed by atoms with Crippen LogP contribution in [0.15, 0.2) is 5.38 Å². The van der Waals surface area contributed by atoms with E-state index in [2.05, 4.69) is 31.1 Å². The highest BCUT2D eigenvalue weighted by atomic mass is 32.1. The van der Waals surface area contributed by atoms with Gasteiger partial charge in [0.05, 0.1) is 22.9 Å². The van der Waals surface area contributed by atoms with Crippen LogP contribution in [-0.2, 0) is 16.6 Å². The molecule has 1 N–H and O–H groups in total. The van der Waals surface area contributed by atoms with Gasteiger partial charge in [-0.3, -0.25) is 0 Å². The van der Waals surface area contributed by atoms with Crippen molar-refractivity contribution in [2.45, 2.75) is 51.6 Å². The van der Waals surface area contributed by atoms with E-state index in [1.54, 1.807) is 18.4 Å². The molecule has 98 valence electrons. The van der Waals surface area contributed by atoms with Crippen LogP contribution in [0.25, 0.3) is 0 Å². The standard InChI is InChI=1S/C13H23NO2S/c1-6-13(15,9-16-5)7-11-14-10(8-17-11)12(2,3)4/h8,15H,6-7,9H2,1-5H3. The van der Waals surface area contributed by atoms with Crippen molar-refractivity contribution in [3.8, 4) is 0 Å². The number of ether oxygens (including phenoxy) is 1. The highest BCUT2D eigenvalue weighted by molar-refractivity contribution is 7.09. The summed E-state index contributed by atoms with van der Waals surface area (Å²) >= 11 is 1.62. The molecular formula is C13H23NO2S. The topological polar surface area (TPSA) is 42.4 Å². The van der Waals surface area contributed by atoms with Crippen molar-refractivity contribution < 1.29 is 9.84 Å². The summed E-state index contributed by atoms with van der Waals surface area (Å²) in [5.74, 6) is 0. The summed E-state index contributed by atoms with van der Waals surface area (Å²) in [4.78, 5) is 4.60. The zero-order chi connectivity index (χ0) is 13.1. The molecule has 1 aromatic rings. The van der Waals surface area contributed by atoms with Gasteiger partial charge in [0.25, 0.3) is 0 Å². The van der Waals surface area contributed by atoms with Crippen molar-refractivity contribution in [1.82, 2.24) is 4.98 Å². The van der Waals surface area contributed by atoms with E-state index in [0.29, 0.717) is 19.4 Å². The van der Waals surface area contributed by atoms with Crippen molar-refractivity contribution in [2.75, 3.05) is 13.7 Å². The van der Waals surface area contributed by atoms with Gasteiger partial charge < -0.3 is 9.84 Å². The van der Waals surface area contributed by atoms with Gasteiger partial charge in [-0.25, -0.2) is 4.98 Å². The Kier molecular flexibility index (Phi) is 4.69. The third-order valence-corrected chi connectivity index (χ3v) is 3.72. The lowest BCUT2D eigenvalue weighted by Gasteiger charge is -2.24. The molecule has 0 saturated heterocycles. The van der Waals surface area contributed by atoms with Gasteiger partial charge in [-0.05, 0) is 6.42 Å². The second kappa shape index (κ2) is 5.46. The second-order valence-electron chi connectivity index (χ2n) is 5.56. The molecule has 0 saturated carbocycles. The first-order chi connectivity index (χ1) is 7.80. The largest absolute Gasteiger partial charge is 0.387 e. The predicted molar refractivity (Wildman–Crippen MR) is 71.6 cm³/mol. The van der Waals surface area contributed by atoms with Gasteiger partial charge >= 0.3 is 0 Å². The highest BCUT2D eigenvalue weighted by Crippen LogP contribution is 2.26. The summed E-state index contributed by atoms with van der Waals surface area (Å²) in [7, 11) is 1.61. The molecule has 1 rings (SSSR count). The average molecular weight is 257 g/mol. The maximum atomic E-state index is 10.3. The number of thiazole rings is 1. The Morgan fingerprint density at radius 2 is 2.06 bits per heavy atom. The fraction of sp³-hybridized carbons (Fsp3) is 0.769. The summed E-state index contributed by atoms with van der Waals surface area (Å²) in [5.41, 5.74) is 0.371. The van der Waals surface area contributed by atoms with Crippen molar-refractivity contribution in [3.05, 3.63) is 16.1 Å². The van der Waals surface area contributed by atoms with Gasteiger partial charge in [0, 0.05) is 24.3 Å². The molecule has 0 radical (unpaired) electrons. The van der Waals surface area contributed by atoms with Crippen molar-refractivity contribution in [1.29, 1.82) is 0 Å². The molecule has 1 unspecified atom stereocenters. The molecular weight excluding hydrogens is 234 g/mol. The van der Waals surface area contributed by atoms with E-state index in [4.69, 9.17) is 4.74 Å². The van der Waals surface area contributed by atoms with E-state index in [1.807, 2.05) is 6.92 Å². The quantitative estimate of drug-likeness (QED) is 0.882. The summed E-state index contributed by atoms with van der Waals surface area (Å²) < 4.78 is 5.07. The Morgan fingerprint density at radius 1 is 1.41 bits per heavy atom. The Labute approximate surface area is 108 Å². The molecule has 0 amide bonds. The highest BCUT2D eigenvalue weighted by Gasteiger charge is 2.27. The van der Waals surface area contributed by atoms with E-state index < -0.39 is 5.60 Å². The molecule has 0 aliphatic heterocycles. The molecule has 0 fully saturated rings. The summed E-state index contributed by atoms with van der Waals surface area (Å²) in [6.07, 6.45) is 1.24. The van der Waals surface area contributed by atoms with Gasteiger partial charge in [0.15, 0.2) is 0 Å². The first-order valence-corrected chi connectivity index (χ1v) is 6.85. The Bertz CT molecular complexity index is 357. The molecule has 1 atom stereocenters. The van der Waals surface area contributed by atoms with Crippen LogP contribution in [0.1, 0.15) is 44.8 Å². The van der Waals surface area contributed by atoms with Crippen molar-refractivity contribution >= 4 is 11.3 Å². The number of rotatable bonds is 5. The first-order valence-electron chi connectivity index (χ1n) is 5.97. The Hall–Kier alpha value is -0.450. The molecule has 17 heavy (non-hydrogen) atoms. The van der Waals surface area contributed by atoms with Gasteiger partial charge in [0.1, 0.15) is 0 Å². The predicted octanol–water partition coefficient (Wildman–Crippen LogP) is 2.77. The van der Waals surface area contributed by atoms with Crippen LogP contribution in [0.4, 0.5) is 0 Å². The Balaban J connectivity index is 2.78. The van der Waals surface area contributed by atoms with Crippen LogP contribution in [-0.4, -0.2) is 29.4 Å². The summed E-state index contributed by atoms with van der Waals surface area (Å²) in [6, 6.07) is 0. The lowest BCUT2D eigenvalue weighted by Crippen LogP contribution is -2.35. The SMILES string of the molecule is CCC(O)(COC)Cc1nc(C(C)(C)C)cs1. The first kappa shape index (κ1) is 14.6. The zero-order valence-electron chi connectivity index (χ0n) is 11.4. The molecule has 0 aliphatic rings. The van der Waals surface area contributed by atoms with Gasteiger partial charge in [-0.15, -0.1) is 11.3 Å². The number of hydrogen-bond donors (Lipinski definition) is 1. The molecule has 0 spiro atoms. The number of hydrogen-bond acceptors (Lipinski definition) is 4. The number of aromatic nitrogens is 1. The fourth-order valence-corrected chi connectivity index (χ4v) is 2.72. The average Bonchev–Trinajstić information content (AvgIpc) is 2.66. The molecule has 0 aromatic carbocycles. The lowest BCUT2D eigenvalue weighted by atomic mass is 9.93. The monoisotopic (exact) mass is 257 g/mol. The zero-order valence-corrected chi connectivity index (χ0v) is 12.2. The van der Waals surface area contributed by atoms with Crippen LogP contribution in [0, 0.1) is 0 Å². The minimum Gasteiger partial charge on any atom is -0.387 e. The molecule has 4 heteroatoms. The van der Waals surface area contributed by atoms with Gasteiger partial charge in [0.2, 0.25) is 0 Å². The van der Waals surface area contributed by atoms with Crippen molar-refractivity contribution in [2.24, 2.45) is 0 Å². The molecule has 1 heterocycles.